The lowest BCUT2D eigenvalue weighted by Gasteiger charge is -2.08. The largest absolute Gasteiger partial charge is 0.467 e. The maximum Gasteiger partial charge on any atom is 0.257 e. The van der Waals surface area contributed by atoms with Gasteiger partial charge in [0.2, 0.25) is 6.79 Å². The van der Waals surface area contributed by atoms with Gasteiger partial charge in [-0.15, -0.1) is 0 Å². The summed E-state index contributed by atoms with van der Waals surface area (Å²) < 4.78 is 15.8. The van der Waals surface area contributed by atoms with Crippen molar-refractivity contribution in [2.45, 2.75) is 6.54 Å². The second kappa shape index (κ2) is 6.56. The van der Waals surface area contributed by atoms with Crippen molar-refractivity contribution < 1.29 is 18.7 Å². The van der Waals surface area contributed by atoms with Crippen molar-refractivity contribution in [2.75, 3.05) is 17.4 Å². The van der Waals surface area contributed by atoms with Crippen LogP contribution in [0.1, 0.15) is 16.1 Å². The molecule has 3 heterocycles. The Labute approximate surface area is 143 Å². The third-order valence-electron chi connectivity index (χ3n) is 3.68. The zero-order valence-corrected chi connectivity index (χ0v) is 13.2. The molecule has 7 heteroatoms. The minimum Gasteiger partial charge on any atom is -0.467 e. The van der Waals surface area contributed by atoms with E-state index >= 15 is 0 Å². The van der Waals surface area contributed by atoms with Gasteiger partial charge in [-0.1, -0.05) is 0 Å². The molecule has 0 saturated carbocycles. The van der Waals surface area contributed by atoms with Gasteiger partial charge in [0.05, 0.1) is 24.1 Å². The number of rotatable bonds is 5. The van der Waals surface area contributed by atoms with Crippen molar-refractivity contribution >= 4 is 17.3 Å². The number of fused-ring (bicyclic) bond motifs is 1. The van der Waals surface area contributed by atoms with Crippen LogP contribution in [-0.2, 0) is 6.54 Å². The molecule has 3 aromatic rings. The number of furan rings is 1. The fraction of sp³-hybridized carbons (Fsp3) is 0.111. The number of pyridine rings is 1. The van der Waals surface area contributed by atoms with Crippen LogP contribution in [0.5, 0.6) is 11.5 Å². The van der Waals surface area contributed by atoms with Crippen molar-refractivity contribution in [1.29, 1.82) is 0 Å². The standard InChI is InChI=1S/C18H15N3O4/c22-18(21-13-3-4-16-17(7-13)25-11-24-16)12-6-14(9-19-8-12)20-10-15-2-1-5-23-15/h1-9,20H,10-11H2,(H,21,22). The lowest BCUT2D eigenvalue weighted by atomic mass is 10.2. The van der Waals surface area contributed by atoms with Gasteiger partial charge in [0.15, 0.2) is 11.5 Å². The molecule has 0 unspecified atom stereocenters. The fourth-order valence-electron chi connectivity index (χ4n) is 2.44. The zero-order chi connectivity index (χ0) is 17.1. The van der Waals surface area contributed by atoms with Crippen molar-refractivity contribution in [3.8, 4) is 11.5 Å². The van der Waals surface area contributed by atoms with E-state index < -0.39 is 0 Å². The topological polar surface area (TPSA) is 85.6 Å². The van der Waals surface area contributed by atoms with Crippen LogP contribution in [0.2, 0.25) is 0 Å². The Bertz CT molecular complexity index is 893. The highest BCUT2D eigenvalue weighted by Gasteiger charge is 2.15. The van der Waals surface area contributed by atoms with E-state index in [1.165, 1.54) is 6.20 Å². The van der Waals surface area contributed by atoms with E-state index in [0.29, 0.717) is 29.3 Å². The number of aromatic nitrogens is 1. The van der Waals surface area contributed by atoms with E-state index in [0.717, 1.165) is 11.4 Å². The summed E-state index contributed by atoms with van der Waals surface area (Å²) in [5, 5.41) is 5.99. The van der Waals surface area contributed by atoms with Gasteiger partial charge in [0.25, 0.3) is 5.91 Å². The molecule has 0 atom stereocenters. The normalized spacial score (nSPS) is 12.0. The Balaban J connectivity index is 1.44. The first-order valence-corrected chi connectivity index (χ1v) is 7.70. The number of anilines is 2. The van der Waals surface area contributed by atoms with Crippen LogP contribution in [-0.4, -0.2) is 17.7 Å². The number of carbonyl (C=O) groups is 1. The highest BCUT2D eigenvalue weighted by atomic mass is 16.7. The quantitative estimate of drug-likeness (QED) is 0.743. The third kappa shape index (κ3) is 3.40. The number of hydrogen-bond donors (Lipinski definition) is 2. The second-order valence-electron chi connectivity index (χ2n) is 5.42. The van der Waals surface area contributed by atoms with Crippen LogP contribution in [0.25, 0.3) is 0 Å². The highest BCUT2D eigenvalue weighted by molar-refractivity contribution is 6.04. The maximum atomic E-state index is 12.4. The van der Waals surface area contributed by atoms with Gasteiger partial charge in [-0.25, -0.2) is 0 Å². The van der Waals surface area contributed by atoms with Crippen LogP contribution in [0.15, 0.2) is 59.5 Å². The Morgan fingerprint density at radius 3 is 2.88 bits per heavy atom. The Hall–Kier alpha value is -3.48. The monoisotopic (exact) mass is 337 g/mol. The number of hydrogen-bond acceptors (Lipinski definition) is 6. The Morgan fingerprint density at radius 2 is 2.00 bits per heavy atom. The molecule has 0 aliphatic carbocycles. The average molecular weight is 337 g/mol. The van der Waals surface area contributed by atoms with Gasteiger partial charge in [0, 0.05) is 24.1 Å². The van der Waals surface area contributed by atoms with Crippen molar-refractivity contribution in [3.05, 3.63) is 66.4 Å². The molecule has 0 fully saturated rings. The molecule has 0 saturated heterocycles. The van der Waals surface area contributed by atoms with Crippen LogP contribution < -0.4 is 20.1 Å². The average Bonchev–Trinajstić information content (AvgIpc) is 3.31. The number of nitrogens with one attached hydrogen (secondary N) is 2. The second-order valence-corrected chi connectivity index (χ2v) is 5.42. The first-order chi connectivity index (χ1) is 12.3. The van der Waals surface area contributed by atoms with E-state index in [9.17, 15) is 4.79 Å². The molecule has 7 nitrogen and oxygen atoms in total. The van der Waals surface area contributed by atoms with Crippen LogP contribution in [0.3, 0.4) is 0 Å². The van der Waals surface area contributed by atoms with Gasteiger partial charge in [0.1, 0.15) is 5.76 Å². The summed E-state index contributed by atoms with van der Waals surface area (Å²) in [7, 11) is 0. The van der Waals surface area contributed by atoms with Crippen molar-refractivity contribution in [1.82, 2.24) is 4.98 Å². The summed E-state index contributed by atoms with van der Waals surface area (Å²) in [5.74, 6) is 1.83. The summed E-state index contributed by atoms with van der Waals surface area (Å²) >= 11 is 0. The van der Waals surface area contributed by atoms with Gasteiger partial charge < -0.3 is 24.5 Å². The maximum absolute atomic E-state index is 12.4. The van der Waals surface area contributed by atoms with Crippen molar-refractivity contribution in [3.63, 3.8) is 0 Å². The molecule has 0 radical (unpaired) electrons. The van der Waals surface area contributed by atoms with Gasteiger partial charge >= 0.3 is 0 Å². The summed E-state index contributed by atoms with van der Waals surface area (Å²) in [4.78, 5) is 16.5. The third-order valence-corrected chi connectivity index (χ3v) is 3.68. The van der Waals surface area contributed by atoms with E-state index in [1.807, 2.05) is 12.1 Å². The predicted octanol–water partition coefficient (Wildman–Crippen LogP) is 3.27. The molecule has 2 aromatic heterocycles. The molecule has 1 aliphatic rings. The minimum absolute atomic E-state index is 0.194. The van der Waals surface area contributed by atoms with Crippen LogP contribution in [0, 0.1) is 0 Å². The smallest absolute Gasteiger partial charge is 0.257 e. The molecule has 25 heavy (non-hydrogen) atoms. The molecule has 1 aliphatic heterocycles. The molecule has 126 valence electrons. The molecular weight excluding hydrogens is 322 g/mol. The van der Waals surface area contributed by atoms with E-state index in [-0.39, 0.29) is 12.7 Å². The van der Waals surface area contributed by atoms with E-state index in [4.69, 9.17) is 13.9 Å². The Morgan fingerprint density at radius 1 is 1.08 bits per heavy atom. The number of benzene rings is 1. The van der Waals surface area contributed by atoms with Gasteiger partial charge in [-0.05, 0) is 30.3 Å². The number of carbonyl (C=O) groups excluding carboxylic acids is 1. The van der Waals surface area contributed by atoms with Crippen LogP contribution in [0.4, 0.5) is 11.4 Å². The summed E-state index contributed by atoms with van der Waals surface area (Å²) in [6.45, 7) is 0.710. The first kappa shape index (κ1) is 15.1. The lowest BCUT2D eigenvalue weighted by Crippen LogP contribution is -2.12. The number of ether oxygens (including phenoxy) is 2. The number of amides is 1. The predicted molar refractivity (Wildman–Crippen MR) is 90.8 cm³/mol. The Kier molecular flexibility index (Phi) is 3.96. The zero-order valence-electron chi connectivity index (χ0n) is 13.2. The van der Waals surface area contributed by atoms with Crippen molar-refractivity contribution in [2.24, 2.45) is 0 Å². The first-order valence-electron chi connectivity index (χ1n) is 7.70. The van der Waals surface area contributed by atoms with E-state index in [2.05, 4.69) is 15.6 Å². The van der Waals surface area contributed by atoms with Crippen LogP contribution >= 0.6 is 0 Å². The molecule has 4 rings (SSSR count). The molecular formula is C18H15N3O4. The summed E-state index contributed by atoms with van der Waals surface area (Å²) in [6.07, 6.45) is 4.78. The minimum atomic E-state index is -0.256. The fourth-order valence-corrected chi connectivity index (χ4v) is 2.44. The molecule has 1 amide bonds. The highest BCUT2D eigenvalue weighted by Crippen LogP contribution is 2.34. The summed E-state index contributed by atoms with van der Waals surface area (Å²) in [5.41, 5.74) is 1.81. The van der Waals surface area contributed by atoms with Gasteiger partial charge in [-0.2, -0.15) is 0 Å². The summed E-state index contributed by atoms with van der Waals surface area (Å²) in [6, 6.07) is 10.7. The molecule has 2 N–H and O–H groups in total. The number of nitrogens with zero attached hydrogens (tertiary/aromatic N) is 1. The van der Waals surface area contributed by atoms with Gasteiger partial charge in [-0.3, -0.25) is 9.78 Å². The molecule has 1 aromatic carbocycles. The lowest BCUT2D eigenvalue weighted by molar-refractivity contribution is 0.102. The SMILES string of the molecule is O=C(Nc1ccc2c(c1)OCO2)c1cncc(NCc2ccco2)c1. The van der Waals surface area contributed by atoms with E-state index in [1.54, 1.807) is 36.7 Å². The molecule has 0 spiro atoms. The molecule has 0 bridgehead atoms.